The van der Waals surface area contributed by atoms with E-state index >= 15 is 0 Å². The van der Waals surface area contributed by atoms with E-state index in [0.717, 1.165) is 10.1 Å². The molecule has 0 saturated heterocycles. The summed E-state index contributed by atoms with van der Waals surface area (Å²) < 4.78 is 1.10. The maximum absolute atomic E-state index is 12.7. The van der Waals surface area contributed by atoms with Crippen molar-refractivity contribution in [2.75, 3.05) is 0 Å². The van der Waals surface area contributed by atoms with Crippen LogP contribution in [0.15, 0.2) is 59.8 Å². The molecule has 3 rings (SSSR count). The summed E-state index contributed by atoms with van der Waals surface area (Å²) in [6.07, 6.45) is 2.19. The van der Waals surface area contributed by atoms with E-state index in [1.54, 1.807) is 36.5 Å². The Labute approximate surface area is 125 Å². The molecule has 6 nitrogen and oxygen atoms in total. The Morgan fingerprint density at radius 1 is 1.14 bits per heavy atom. The number of hydrogen-bond acceptors (Lipinski definition) is 5. The van der Waals surface area contributed by atoms with Crippen LogP contribution in [0.1, 0.15) is 20.7 Å². The van der Waals surface area contributed by atoms with Gasteiger partial charge in [-0.2, -0.15) is 14.9 Å². The average molecular weight is 292 g/mol. The van der Waals surface area contributed by atoms with Crippen LogP contribution in [0.2, 0.25) is 0 Å². The van der Waals surface area contributed by atoms with Gasteiger partial charge in [0.1, 0.15) is 0 Å². The Kier molecular flexibility index (Phi) is 3.49. The second kappa shape index (κ2) is 5.61. The number of aldehydes is 1. The van der Waals surface area contributed by atoms with Crippen LogP contribution in [-0.4, -0.2) is 22.0 Å². The van der Waals surface area contributed by atoms with E-state index in [9.17, 15) is 9.59 Å². The number of rotatable bonds is 2. The molecular weight excluding hydrogens is 280 g/mol. The van der Waals surface area contributed by atoms with Gasteiger partial charge < -0.3 is 5.84 Å². The zero-order valence-electron chi connectivity index (χ0n) is 11.5. The zero-order valence-corrected chi connectivity index (χ0v) is 11.5. The van der Waals surface area contributed by atoms with E-state index in [1.807, 2.05) is 18.2 Å². The van der Waals surface area contributed by atoms with Gasteiger partial charge in [0.2, 0.25) is 0 Å². The van der Waals surface area contributed by atoms with Gasteiger partial charge >= 0.3 is 0 Å². The van der Waals surface area contributed by atoms with Crippen LogP contribution in [0.3, 0.4) is 0 Å². The van der Waals surface area contributed by atoms with Crippen molar-refractivity contribution < 1.29 is 9.59 Å². The first-order valence-corrected chi connectivity index (χ1v) is 6.56. The minimum Gasteiger partial charge on any atom is -0.321 e. The van der Waals surface area contributed by atoms with E-state index in [2.05, 4.69) is 10.2 Å². The first-order chi connectivity index (χ1) is 10.8. The maximum Gasteiger partial charge on any atom is 0.280 e. The van der Waals surface area contributed by atoms with Gasteiger partial charge in [-0.1, -0.05) is 42.5 Å². The summed E-state index contributed by atoms with van der Waals surface area (Å²) in [5.41, 5.74) is 0.775. The summed E-state index contributed by atoms with van der Waals surface area (Å²) in [4.78, 5) is 23.8. The van der Waals surface area contributed by atoms with Gasteiger partial charge in [0.25, 0.3) is 5.91 Å². The highest BCUT2D eigenvalue weighted by atomic mass is 16.2. The first kappa shape index (κ1) is 13.7. The van der Waals surface area contributed by atoms with Crippen LogP contribution < -0.4 is 11.3 Å². The van der Waals surface area contributed by atoms with Gasteiger partial charge in [0.15, 0.2) is 11.8 Å². The minimum absolute atomic E-state index is 0.240. The largest absolute Gasteiger partial charge is 0.321 e. The molecule has 2 aromatic carbocycles. The van der Waals surface area contributed by atoms with Crippen molar-refractivity contribution >= 4 is 23.0 Å². The third-order valence-corrected chi connectivity index (χ3v) is 3.35. The van der Waals surface area contributed by atoms with Crippen LogP contribution in [0, 0.1) is 0 Å². The molecule has 1 heterocycles. The zero-order chi connectivity index (χ0) is 15.5. The quantitative estimate of drug-likeness (QED) is 0.438. The molecule has 0 unspecified atom stereocenters. The fourth-order valence-corrected chi connectivity index (χ4v) is 2.28. The third kappa shape index (κ3) is 2.16. The average Bonchev–Trinajstić information content (AvgIpc) is 2.60. The number of carbonyl (C=O) groups excluding carboxylic acids is 2. The van der Waals surface area contributed by atoms with Crippen LogP contribution in [0.25, 0.3) is 10.8 Å². The smallest absolute Gasteiger partial charge is 0.280 e. The highest BCUT2D eigenvalue weighted by Gasteiger charge is 2.15. The Bertz CT molecular complexity index is 944. The molecule has 0 fully saturated rings. The summed E-state index contributed by atoms with van der Waals surface area (Å²) in [6, 6.07) is 13.8. The third-order valence-electron chi connectivity index (χ3n) is 3.35. The Hall–Kier alpha value is -3.28. The number of benzene rings is 2. The van der Waals surface area contributed by atoms with Crippen molar-refractivity contribution in [1.29, 1.82) is 0 Å². The monoisotopic (exact) mass is 292 g/mol. The highest BCUT2D eigenvalue weighted by molar-refractivity contribution is 6.02. The van der Waals surface area contributed by atoms with Crippen LogP contribution in [-0.2, 0) is 0 Å². The molecule has 6 heteroatoms. The topological polar surface area (TPSA) is 90.3 Å². The summed E-state index contributed by atoms with van der Waals surface area (Å²) in [5, 5.41) is 9.32. The molecule has 3 aromatic rings. The van der Waals surface area contributed by atoms with Crippen molar-refractivity contribution in [2.24, 2.45) is 10.9 Å². The molecule has 0 aliphatic heterocycles. The lowest BCUT2D eigenvalue weighted by atomic mass is 10.1. The van der Waals surface area contributed by atoms with Gasteiger partial charge in [-0.3, -0.25) is 9.59 Å². The lowest BCUT2D eigenvalue weighted by Gasteiger charge is -2.08. The second-order valence-electron chi connectivity index (χ2n) is 4.61. The molecule has 2 N–H and O–H groups in total. The van der Waals surface area contributed by atoms with E-state index in [1.165, 1.54) is 0 Å². The second-order valence-corrected chi connectivity index (χ2v) is 4.61. The predicted octanol–water partition coefficient (Wildman–Crippen LogP) is 1.31. The lowest BCUT2D eigenvalue weighted by molar-refractivity contribution is 0.0933. The number of aromatic nitrogens is 2. The molecule has 0 saturated carbocycles. The fraction of sp³-hybridized carbons (Fsp3) is 0. The highest BCUT2D eigenvalue weighted by Crippen LogP contribution is 2.10. The van der Waals surface area contributed by atoms with Gasteiger partial charge in [-0.15, -0.1) is 0 Å². The van der Waals surface area contributed by atoms with Crippen molar-refractivity contribution in [3.63, 3.8) is 0 Å². The molecule has 0 spiro atoms. The normalized spacial score (nSPS) is 11.5. The van der Waals surface area contributed by atoms with Crippen LogP contribution in [0.4, 0.5) is 0 Å². The SMILES string of the molecule is N/N=c1/c2ccccc2cnn1C(=O)c1ccccc1C=O. The van der Waals surface area contributed by atoms with Crippen LogP contribution >= 0.6 is 0 Å². The van der Waals surface area contributed by atoms with E-state index < -0.39 is 5.91 Å². The maximum atomic E-state index is 12.7. The van der Waals surface area contributed by atoms with Crippen LogP contribution in [0.5, 0.6) is 0 Å². The first-order valence-electron chi connectivity index (χ1n) is 6.56. The van der Waals surface area contributed by atoms with Crippen molar-refractivity contribution in [3.8, 4) is 0 Å². The van der Waals surface area contributed by atoms with Gasteiger partial charge in [-0.25, -0.2) is 0 Å². The lowest BCUT2D eigenvalue weighted by Crippen LogP contribution is -2.32. The molecule has 0 bridgehead atoms. The van der Waals surface area contributed by atoms with Crippen molar-refractivity contribution in [2.45, 2.75) is 0 Å². The summed E-state index contributed by atoms with van der Waals surface area (Å²) in [6.45, 7) is 0. The number of fused-ring (bicyclic) bond motifs is 1. The Balaban J connectivity index is 2.26. The molecule has 0 aliphatic rings. The number of carbonyl (C=O) groups is 2. The standard InChI is InChI=1S/C16H12N4O2/c17-19-15-13-7-3-1-5-11(13)9-18-20(15)16(22)14-8-4-2-6-12(14)10-21/h1-10H,17H2/b19-15-. The van der Waals surface area contributed by atoms with E-state index in [-0.39, 0.29) is 16.6 Å². The fourth-order valence-electron chi connectivity index (χ4n) is 2.28. The van der Waals surface area contributed by atoms with Gasteiger partial charge in [-0.05, 0) is 6.07 Å². The Morgan fingerprint density at radius 2 is 1.86 bits per heavy atom. The molecule has 1 aromatic heterocycles. The Morgan fingerprint density at radius 3 is 2.64 bits per heavy atom. The van der Waals surface area contributed by atoms with E-state index in [0.29, 0.717) is 11.7 Å². The number of nitrogens with zero attached hydrogens (tertiary/aromatic N) is 3. The molecule has 0 radical (unpaired) electrons. The molecule has 0 amide bonds. The molecule has 108 valence electrons. The summed E-state index contributed by atoms with van der Waals surface area (Å²) in [5.74, 6) is 4.99. The molecule has 0 aliphatic carbocycles. The number of nitrogens with two attached hydrogens (primary N) is 1. The van der Waals surface area contributed by atoms with Crippen molar-refractivity contribution in [1.82, 2.24) is 9.78 Å². The van der Waals surface area contributed by atoms with Crippen molar-refractivity contribution in [3.05, 3.63) is 71.3 Å². The summed E-state index contributed by atoms with van der Waals surface area (Å²) >= 11 is 0. The molecular formula is C16H12N4O2. The van der Waals surface area contributed by atoms with Gasteiger partial charge in [0.05, 0.1) is 11.8 Å². The minimum atomic E-state index is -0.461. The van der Waals surface area contributed by atoms with E-state index in [4.69, 9.17) is 5.84 Å². The molecule has 0 atom stereocenters. The molecule has 22 heavy (non-hydrogen) atoms. The predicted molar refractivity (Wildman–Crippen MR) is 81.0 cm³/mol. The van der Waals surface area contributed by atoms with Gasteiger partial charge in [0, 0.05) is 16.3 Å². The number of hydrogen-bond donors (Lipinski definition) is 1. The summed E-state index contributed by atoms with van der Waals surface area (Å²) in [7, 11) is 0.